The lowest BCUT2D eigenvalue weighted by Crippen LogP contribution is -2.43. The van der Waals surface area contributed by atoms with E-state index < -0.39 is 17.8 Å². The first-order valence-electron chi connectivity index (χ1n) is 9.14. The Morgan fingerprint density at radius 1 is 0.900 bits per heavy atom. The number of aromatic nitrogens is 2. The monoisotopic (exact) mass is 408 g/mol. The molecule has 0 saturated carbocycles. The quantitative estimate of drug-likeness (QED) is 0.502. The number of carbonyl (C=O) groups excluding carboxylic acids is 3. The van der Waals surface area contributed by atoms with Crippen molar-refractivity contribution in [3.63, 3.8) is 0 Å². The van der Waals surface area contributed by atoms with E-state index in [9.17, 15) is 19.2 Å². The Bertz CT molecular complexity index is 1180. The van der Waals surface area contributed by atoms with Crippen LogP contribution in [-0.4, -0.2) is 34.7 Å². The molecule has 0 saturated heterocycles. The SMILES string of the molecule is COC(=O)c1ccc(C(=O)NNC(=O)c2nn(C(C)C)c(=O)c3ccccc23)cc1. The van der Waals surface area contributed by atoms with Crippen LogP contribution in [0.1, 0.15) is 51.1 Å². The first kappa shape index (κ1) is 20.7. The third kappa shape index (κ3) is 4.04. The molecule has 0 bridgehead atoms. The van der Waals surface area contributed by atoms with E-state index in [2.05, 4.69) is 20.7 Å². The number of esters is 1. The molecule has 2 amide bonds. The molecule has 154 valence electrons. The van der Waals surface area contributed by atoms with Gasteiger partial charge in [-0.1, -0.05) is 18.2 Å². The van der Waals surface area contributed by atoms with Gasteiger partial charge >= 0.3 is 5.97 Å². The van der Waals surface area contributed by atoms with Crippen molar-refractivity contribution in [3.05, 3.63) is 75.7 Å². The number of benzene rings is 2. The summed E-state index contributed by atoms with van der Waals surface area (Å²) in [4.78, 5) is 49.0. The smallest absolute Gasteiger partial charge is 0.337 e. The van der Waals surface area contributed by atoms with Gasteiger partial charge in [-0.05, 0) is 44.2 Å². The predicted molar refractivity (Wildman–Crippen MR) is 109 cm³/mol. The summed E-state index contributed by atoms with van der Waals surface area (Å²) >= 11 is 0. The second-order valence-electron chi connectivity index (χ2n) is 6.71. The third-order valence-corrected chi connectivity index (χ3v) is 4.39. The topological polar surface area (TPSA) is 119 Å². The largest absolute Gasteiger partial charge is 0.465 e. The van der Waals surface area contributed by atoms with Crippen LogP contribution in [0.2, 0.25) is 0 Å². The van der Waals surface area contributed by atoms with Gasteiger partial charge in [0.2, 0.25) is 0 Å². The average Bonchev–Trinajstić information content (AvgIpc) is 2.77. The first-order chi connectivity index (χ1) is 14.3. The van der Waals surface area contributed by atoms with Gasteiger partial charge in [0.25, 0.3) is 17.4 Å². The van der Waals surface area contributed by atoms with Crippen LogP contribution in [0.15, 0.2) is 53.3 Å². The summed E-state index contributed by atoms with van der Waals surface area (Å²) in [6, 6.07) is 12.1. The number of nitrogens with zero attached hydrogens (tertiary/aromatic N) is 2. The summed E-state index contributed by atoms with van der Waals surface area (Å²) in [6.45, 7) is 3.56. The number of amides is 2. The van der Waals surface area contributed by atoms with Crippen LogP contribution >= 0.6 is 0 Å². The summed E-state index contributed by atoms with van der Waals surface area (Å²) in [6.07, 6.45) is 0. The Morgan fingerprint density at radius 2 is 1.47 bits per heavy atom. The van der Waals surface area contributed by atoms with Crippen LogP contribution in [0.3, 0.4) is 0 Å². The van der Waals surface area contributed by atoms with Crippen molar-refractivity contribution < 1.29 is 19.1 Å². The van der Waals surface area contributed by atoms with E-state index in [4.69, 9.17) is 0 Å². The molecule has 1 heterocycles. The summed E-state index contributed by atoms with van der Waals surface area (Å²) < 4.78 is 5.83. The van der Waals surface area contributed by atoms with E-state index in [1.165, 1.54) is 36.1 Å². The van der Waals surface area contributed by atoms with E-state index in [1.54, 1.807) is 38.1 Å². The Labute approximate surface area is 171 Å². The van der Waals surface area contributed by atoms with E-state index in [0.29, 0.717) is 16.3 Å². The van der Waals surface area contributed by atoms with Crippen molar-refractivity contribution in [3.8, 4) is 0 Å². The minimum absolute atomic E-state index is 0.0141. The number of hydrazine groups is 1. The molecule has 0 aliphatic heterocycles. The molecule has 3 aromatic rings. The minimum Gasteiger partial charge on any atom is -0.465 e. The lowest BCUT2D eigenvalue weighted by Gasteiger charge is -2.13. The van der Waals surface area contributed by atoms with Gasteiger partial charge in [0.15, 0.2) is 5.69 Å². The number of carbonyl (C=O) groups is 3. The highest BCUT2D eigenvalue weighted by molar-refractivity contribution is 6.06. The van der Waals surface area contributed by atoms with Gasteiger partial charge in [0, 0.05) is 10.9 Å². The van der Waals surface area contributed by atoms with E-state index in [1.807, 2.05) is 0 Å². The van der Waals surface area contributed by atoms with Gasteiger partial charge in [-0.2, -0.15) is 5.10 Å². The number of nitrogens with one attached hydrogen (secondary N) is 2. The van der Waals surface area contributed by atoms with Crippen LogP contribution in [0.5, 0.6) is 0 Å². The predicted octanol–water partition coefficient (Wildman–Crippen LogP) is 1.84. The molecular formula is C21H20N4O5. The summed E-state index contributed by atoms with van der Waals surface area (Å²) in [5.41, 5.74) is 4.86. The number of hydrogen-bond acceptors (Lipinski definition) is 6. The van der Waals surface area contributed by atoms with Crippen molar-refractivity contribution in [2.45, 2.75) is 19.9 Å². The highest BCUT2D eigenvalue weighted by Gasteiger charge is 2.18. The van der Waals surface area contributed by atoms with Gasteiger partial charge in [-0.3, -0.25) is 25.2 Å². The molecule has 0 aliphatic rings. The Balaban J connectivity index is 1.82. The maximum Gasteiger partial charge on any atom is 0.337 e. The van der Waals surface area contributed by atoms with Crippen molar-refractivity contribution in [2.24, 2.45) is 0 Å². The molecule has 1 aromatic heterocycles. The van der Waals surface area contributed by atoms with Crippen LogP contribution in [-0.2, 0) is 4.74 Å². The number of fused-ring (bicyclic) bond motifs is 1. The number of rotatable bonds is 4. The average molecular weight is 408 g/mol. The van der Waals surface area contributed by atoms with E-state index in [0.717, 1.165) is 0 Å². The fourth-order valence-corrected chi connectivity index (χ4v) is 2.84. The molecule has 0 radical (unpaired) electrons. The Kier molecular flexibility index (Phi) is 5.91. The second-order valence-corrected chi connectivity index (χ2v) is 6.71. The summed E-state index contributed by atoms with van der Waals surface area (Å²) in [5, 5.41) is 4.92. The molecule has 2 aromatic carbocycles. The molecule has 0 atom stereocenters. The molecule has 0 fully saturated rings. The first-order valence-corrected chi connectivity index (χ1v) is 9.14. The van der Waals surface area contributed by atoms with Crippen molar-refractivity contribution in [1.29, 1.82) is 0 Å². The normalized spacial score (nSPS) is 10.7. The van der Waals surface area contributed by atoms with Gasteiger partial charge in [-0.25, -0.2) is 9.48 Å². The fourth-order valence-electron chi connectivity index (χ4n) is 2.84. The molecule has 9 nitrogen and oxygen atoms in total. The summed E-state index contributed by atoms with van der Waals surface area (Å²) in [7, 11) is 1.26. The van der Waals surface area contributed by atoms with Crippen molar-refractivity contribution in [1.82, 2.24) is 20.6 Å². The highest BCUT2D eigenvalue weighted by atomic mass is 16.5. The molecule has 0 aliphatic carbocycles. The van der Waals surface area contributed by atoms with Crippen LogP contribution in [0.4, 0.5) is 0 Å². The molecule has 3 rings (SSSR count). The molecule has 0 unspecified atom stereocenters. The molecule has 0 spiro atoms. The van der Waals surface area contributed by atoms with Gasteiger partial charge in [0.1, 0.15) is 0 Å². The maximum atomic E-state index is 12.7. The lowest BCUT2D eigenvalue weighted by atomic mass is 10.1. The Hall–Kier alpha value is -4.01. The van der Waals surface area contributed by atoms with E-state index >= 15 is 0 Å². The molecular weight excluding hydrogens is 388 g/mol. The molecule has 2 N–H and O–H groups in total. The van der Waals surface area contributed by atoms with Gasteiger partial charge in [-0.15, -0.1) is 0 Å². The Morgan fingerprint density at radius 3 is 2.07 bits per heavy atom. The molecule has 9 heteroatoms. The zero-order chi connectivity index (χ0) is 21.8. The number of methoxy groups -OCH3 is 1. The lowest BCUT2D eigenvalue weighted by molar-refractivity contribution is 0.0600. The number of ether oxygens (including phenoxy) is 1. The van der Waals surface area contributed by atoms with Crippen molar-refractivity contribution >= 4 is 28.6 Å². The second kappa shape index (κ2) is 8.56. The van der Waals surface area contributed by atoms with Gasteiger partial charge in [0.05, 0.1) is 24.1 Å². The zero-order valence-corrected chi connectivity index (χ0v) is 16.6. The standard InChI is InChI=1S/C21H20N4O5/c1-12(2)25-20(28)16-7-5-4-6-15(16)17(24-25)19(27)23-22-18(26)13-8-10-14(11-9-13)21(29)30-3/h4-12H,1-3H3,(H,22,26)(H,23,27). The van der Waals surface area contributed by atoms with Crippen LogP contribution in [0, 0.1) is 0 Å². The third-order valence-electron chi connectivity index (χ3n) is 4.39. The zero-order valence-electron chi connectivity index (χ0n) is 16.6. The summed E-state index contributed by atoms with van der Waals surface area (Å²) in [5.74, 6) is -1.77. The van der Waals surface area contributed by atoms with Crippen LogP contribution < -0.4 is 16.4 Å². The molecule has 30 heavy (non-hydrogen) atoms. The van der Waals surface area contributed by atoms with E-state index in [-0.39, 0.29) is 22.9 Å². The minimum atomic E-state index is -0.667. The maximum absolute atomic E-state index is 12.7. The van der Waals surface area contributed by atoms with Crippen LogP contribution in [0.25, 0.3) is 10.8 Å². The number of hydrogen-bond donors (Lipinski definition) is 2. The fraction of sp³-hybridized carbons (Fsp3) is 0.190. The highest BCUT2D eigenvalue weighted by Crippen LogP contribution is 2.14. The van der Waals surface area contributed by atoms with Crippen molar-refractivity contribution in [2.75, 3.05) is 7.11 Å². The van der Waals surface area contributed by atoms with Gasteiger partial charge < -0.3 is 4.74 Å².